The van der Waals surface area contributed by atoms with Crippen molar-refractivity contribution in [1.82, 2.24) is 15.2 Å². The number of rotatable bonds is 10. The summed E-state index contributed by atoms with van der Waals surface area (Å²) in [7, 11) is 1.64. The van der Waals surface area contributed by atoms with Gasteiger partial charge in [0.05, 0.1) is 10.6 Å². The number of benzene rings is 3. The lowest BCUT2D eigenvalue weighted by molar-refractivity contribution is -0.122. The van der Waals surface area contributed by atoms with Crippen LogP contribution in [0.3, 0.4) is 0 Å². The van der Waals surface area contributed by atoms with Crippen LogP contribution in [0.5, 0.6) is 11.5 Å². The number of halogens is 1. The number of amides is 1. The minimum absolute atomic E-state index is 0.105. The average molecular weight is 655 g/mol. The van der Waals surface area contributed by atoms with Gasteiger partial charge >= 0.3 is 0 Å². The molecule has 10 heteroatoms. The van der Waals surface area contributed by atoms with Crippen molar-refractivity contribution < 1.29 is 24.2 Å². The van der Waals surface area contributed by atoms with Gasteiger partial charge in [0.2, 0.25) is 0 Å². The van der Waals surface area contributed by atoms with Crippen molar-refractivity contribution in [3.63, 3.8) is 0 Å². The third kappa shape index (κ3) is 9.09. The molecule has 0 atom stereocenters. The Labute approximate surface area is 280 Å². The summed E-state index contributed by atoms with van der Waals surface area (Å²) in [5, 5.41) is 19.4. The number of carboxylic acid groups (broad SMARTS) is 1. The van der Waals surface area contributed by atoms with Gasteiger partial charge in [-0.25, -0.2) is 0 Å². The van der Waals surface area contributed by atoms with E-state index in [0.29, 0.717) is 34.3 Å². The largest absolute Gasteiger partial charge is 0.488 e. The maximum absolute atomic E-state index is 12.4. The highest BCUT2D eigenvalue weighted by molar-refractivity contribution is 6.32. The molecule has 0 aliphatic carbocycles. The van der Waals surface area contributed by atoms with Crippen LogP contribution >= 0.6 is 11.6 Å². The molecule has 1 saturated heterocycles. The van der Waals surface area contributed by atoms with E-state index in [0.717, 1.165) is 58.6 Å². The van der Waals surface area contributed by atoms with Crippen molar-refractivity contribution in [2.24, 2.45) is 0 Å². The molecule has 2 heterocycles. The third-order valence-electron chi connectivity index (χ3n) is 8.20. The maximum atomic E-state index is 12.4. The number of likely N-dealkylation sites (tertiary alicyclic amines) is 1. The number of carbonyl (C=O) groups excluding carboxylic acids is 1. The van der Waals surface area contributed by atoms with E-state index in [1.165, 1.54) is 25.5 Å². The summed E-state index contributed by atoms with van der Waals surface area (Å²) in [6, 6.07) is 19.6. The van der Waals surface area contributed by atoms with Gasteiger partial charge in [-0.2, -0.15) is 5.26 Å². The third-order valence-corrected chi connectivity index (χ3v) is 8.50. The van der Waals surface area contributed by atoms with Crippen LogP contribution in [-0.2, 0) is 24.6 Å². The highest BCUT2D eigenvalue weighted by Crippen LogP contribution is 2.36. The lowest BCUT2D eigenvalue weighted by Gasteiger charge is -2.27. The van der Waals surface area contributed by atoms with Gasteiger partial charge in [0.1, 0.15) is 30.8 Å². The van der Waals surface area contributed by atoms with Crippen LogP contribution in [-0.4, -0.2) is 47.5 Å². The average Bonchev–Trinajstić information content (AvgIpc) is 3.09. The Morgan fingerprint density at radius 2 is 1.66 bits per heavy atom. The van der Waals surface area contributed by atoms with Gasteiger partial charge in [0.25, 0.3) is 12.4 Å². The number of ether oxygens (including phenoxy) is 2. The van der Waals surface area contributed by atoms with E-state index < -0.39 is 0 Å². The molecule has 1 aliphatic heterocycles. The number of nitriles is 1. The number of nitrogens with zero attached hydrogens (tertiary/aromatic N) is 3. The molecule has 0 unspecified atom stereocenters. The molecule has 5 rings (SSSR count). The molecule has 9 nitrogen and oxygen atoms in total. The van der Waals surface area contributed by atoms with E-state index in [9.17, 15) is 10.1 Å². The number of hydrogen-bond donors (Lipinski definition) is 2. The molecule has 1 aliphatic rings. The van der Waals surface area contributed by atoms with E-state index in [1.54, 1.807) is 19.3 Å². The predicted octanol–water partition coefficient (Wildman–Crippen LogP) is 7.09. The molecule has 4 aromatic rings. The molecule has 1 fully saturated rings. The summed E-state index contributed by atoms with van der Waals surface area (Å²) in [4.78, 5) is 27.4. The van der Waals surface area contributed by atoms with E-state index in [1.807, 2.05) is 49.4 Å². The first-order valence-corrected chi connectivity index (χ1v) is 15.8. The van der Waals surface area contributed by atoms with E-state index in [4.69, 9.17) is 31.0 Å². The molecule has 0 radical (unpaired) electrons. The molecule has 0 saturated carbocycles. The summed E-state index contributed by atoms with van der Waals surface area (Å²) < 4.78 is 12.7. The summed E-state index contributed by atoms with van der Waals surface area (Å²) in [6.07, 6.45) is 6.88. The van der Waals surface area contributed by atoms with Crippen LogP contribution in [0, 0.1) is 25.2 Å². The summed E-state index contributed by atoms with van der Waals surface area (Å²) in [6.45, 7) is 7.21. The van der Waals surface area contributed by atoms with Crippen molar-refractivity contribution >= 4 is 24.0 Å². The summed E-state index contributed by atoms with van der Waals surface area (Å²) >= 11 is 6.81. The Kier molecular flexibility index (Phi) is 12.7. The normalized spacial score (nSPS) is 12.7. The van der Waals surface area contributed by atoms with Crippen molar-refractivity contribution in [2.45, 2.75) is 52.9 Å². The first-order chi connectivity index (χ1) is 22.8. The minimum Gasteiger partial charge on any atom is -0.488 e. The maximum Gasteiger partial charge on any atom is 0.290 e. The monoisotopic (exact) mass is 654 g/mol. The second-order valence-corrected chi connectivity index (χ2v) is 11.7. The highest BCUT2D eigenvalue weighted by atomic mass is 35.5. The zero-order chi connectivity index (χ0) is 33.8. The molecule has 47 heavy (non-hydrogen) atoms. The fourth-order valence-electron chi connectivity index (χ4n) is 5.69. The molecule has 2 N–H and O–H groups in total. The van der Waals surface area contributed by atoms with Crippen LogP contribution in [0.25, 0.3) is 11.1 Å². The molecule has 3 aromatic carbocycles. The van der Waals surface area contributed by atoms with Gasteiger partial charge in [0, 0.05) is 48.7 Å². The lowest BCUT2D eigenvalue weighted by Crippen LogP contribution is -2.29. The Hall–Kier alpha value is -4.91. The first kappa shape index (κ1) is 35.0. The minimum atomic E-state index is -0.250. The topological polar surface area (TPSA) is 125 Å². The highest BCUT2D eigenvalue weighted by Gasteiger charge is 2.18. The Bertz CT molecular complexity index is 1750. The molecular formula is C37H39ClN4O5. The number of piperidine rings is 1. The fraction of sp³-hybridized carbons (Fsp3) is 0.297. The lowest BCUT2D eigenvalue weighted by atomic mass is 9.91. The van der Waals surface area contributed by atoms with Crippen LogP contribution < -0.4 is 14.8 Å². The quantitative estimate of drug-likeness (QED) is 0.174. The smallest absolute Gasteiger partial charge is 0.290 e. The first-order valence-electron chi connectivity index (χ1n) is 15.4. The van der Waals surface area contributed by atoms with E-state index in [2.05, 4.69) is 34.3 Å². The Morgan fingerprint density at radius 3 is 2.36 bits per heavy atom. The fourth-order valence-corrected chi connectivity index (χ4v) is 5.93. The zero-order valence-corrected chi connectivity index (χ0v) is 27.6. The number of aromatic nitrogens is 1. The number of carbonyl (C=O) groups is 2. The Balaban J connectivity index is 0.00000160. The van der Waals surface area contributed by atoms with Gasteiger partial charge in [-0.05, 0) is 85.8 Å². The van der Waals surface area contributed by atoms with E-state index in [-0.39, 0.29) is 19.0 Å². The zero-order valence-electron chi connectivity index (χ0n) is 26.9. The SMILES string of the molecule is CNC(=O)c1cccc(-c2cccc(COc3cc(OCc4cncc(C#N)c4)c(CN4CCCCC4)cc3Cl)c2C)c1C.O=CO. The standard InChI is InChI=1S/C36H37ClN4O3.CH2O2/c1-24-28(9-7-10-30(24)31-11-8-12-32(25(31)2)36(42)39-3)23-44-35-17-34(43-22-27-15-26(18-38)19-40-20-27)29(16-33(35)37)21-41-13-5-4-6-14-41;2-1-3/h7-12,15-17,19-20H,4-6,13-14,21-23H2,1-3H3,(H,39,42);1H,(H,2,3). The Morgan fingerprint density at radius 1 is 0.979 bits per heavy atom. The second-order valence-electron chi connectivity index (χ2n) is 11.3. The van der Waals surface area contributed by atoms with Gasteiger partial charge in [-0.15, -0.1) is 0 Å². The second kappa shape index (κ2) is 17.1. The van der Waals surface area contributed by atoms with Crippen molar-refractivity contribution in [3.05, 3.63) is 111 Å². The van der Waals surface area contributed by atoms with Crippen molar-refractivity contribution in [2.75, 3.05) is 20.1 Å². The van der Waals surface area contributed by atoms with Crippen LogP contribution in [0.4, 0.5) is 0 Å². The summed E-state index contributed by atoms with van der Waals surface area (Å²) in [5.41, 5.74) is 8.04. The molecule has 0 spiro atoms. The van der Waals surface area contributed by atoms with Crippen LogP contribution in [0.1, 0.15) is 63.0 Å². The molecule has 1 aromatic heterocycles. The van der Waals surface area contributed by atoms with Crippen LogP contribution in [0.2, 0.25) is 5.02 Å². The summed E-state index contributed by atoms with van der Waals surface area (Å²) in [5.74, 6) is 1.13. The van der Waals surface area contributed by atoms with E-state index >= 15 is 0 Å². The van der Waals surface area contributed by atoms with Crippen LogP contribution in [0.15, 0.2) is 67.0 Å². The molecule has 1 amide bonds. The number of hydrogen-bond acceptors (Lipinski definition) is 7. The predicted molar refractivity (Wildman–Crippen MR) is 182 cm³/mol. The molecule has 0 bridgehead atoms. The van der Waals surface area contributed by atoms with Crippen molar-refractivity contribution in [3.8, 4) is 28.7 Å². The van der Waals surface area contributed by atoms with Gasteiger partial charge in [0.15, 0.2) is 0 Å². The molecule has 244 valence electrons. The van der Waals surface area contributed by atoms with Gasteiger partial charge in [-0.1, -0.05) is 48.4 Å². The number of pyridine rings is 1. The van der Waals surface area contributed by atoms with Crippen molar-refractivity contribution in [1.29, 1.82) is 5.26 Å². The van der Waals surface area contributed by atoms with Gasteiger partial charge in [-0.3, -0.25) is 19.5 Å². The molecular weight excluding hydrogens is 616 g/mol. The number of nitrogens with one attached hydrogen (secondary N) is 1. The van der Waals surface area contributed by atoms with Gasteiger partial charge < -0.3 is 19.9 Å².